The largest absolute Gasteiger partial charge is 0.307 e. The molecule has 0 radical (unpaired) electrons. The maximum atomic E-state index is 4.26. The van der Waals surface area contributed by atoms with E-state index in [4.69, 9.17) is 0 Å². The van der Waals surface area contributed by atoms with Crippen LogP contribution in [0, 0.1) is 6.92 Å². The highest BCUT2D eigenvalue weighted by Crippen LogP contribution is 2.16. The van der Waals surface area contributed by atoms with Crippen molar-refractivity contribution in [3.05, 3.63) is 41.7 Å². The average molecular weight is 203 g/mol. The Hall–Kier alpha value is -1.75. The van der Waals surface area contributed by atoms with E-state index in [1.165, 1.54) is 6.33 Å². The molecule has 0 aliphatic heterocycles. The van der Waals surface area contributed by atoms with Gasteiger partial charge in [-0.05, 0) is 25.6 Å². The van der Waals surface area contributed by atoms with E-state index in [2.05, 4.69) is 25.5 Å². The van der Waals surface area contributed by atoms with Crippen molar-refractivity contribution in [2.45, 2.75) is 13.0 Å². The maximum Gasteiger partial charge on any atom is 0.146 e. The van der Waals surface area contributed by atoms with Crippen LogP contribution in [-0.2, 0) is 0 Å². The third-order valence-electron chi connectivity index (χ3n) is 2.26. The quantitative estimate of drug-likeness (QED) is 0.775. The molecule has 2 heterocycles. The van der Waals surface area contributed by atoms with Crippen LogP contribution in [0.25, 0.3) is 0 Å². The predicted molar refractivity (Wildman–Crippen MR) is 56.3 cm³/mol. The van der Waals surface area contributed by atoms with E-state index >= 15 is 0 Å². The lowest BCUT2D eigenvalue weighted by atomic mass is 10.1. The summed E-state index contributed by atoms with van der Waals surface area (Å²) in [5.74, 6) is 0.795. The number of pyridine rings is 1. The molecular weight excluding hydrogens is 190 g/mol. The molecule has 78 valence electrons. The summed E-state index contributed by atoms with van der Waals surface area (Å²) in [5, 5.41) is 9.85. The summed E-state index contributed by atoms with van der Waals surface area (Å²) in [5.41, 5.74) is 2.08. The molecule has 0 aromatic carbocycles. The van der Waals surface area contributed by atoms with E-state index < -0.39 is 0 Å². The molecule has 0 fully saturated rings. The second-order valence-corrected chi connectivity index (χ2v) is 3.33. The van der Waals surface area contributed by atoms with Gasteiger partial charge in [0.05, 0.1) is 6.04 Å². The van der Waals surface area contributed by atoms with E-state index in [1.54, 1.807) is 0 Å². The lowest BCUT2D eigenvalue weighted by molar-refractivity contribution is 0.647. The summed E-state index contributed by atoms with van der Waals surface area (Å²) in [4.78, 5) is 8.39. The van der Waals surface area contributed by atoms with Gasteiger partial charge >= 0.3 is 0 Å². The summed E-state index contributed by atoms with van der Waals surface area (Å²) >= 11 is 0. The van der Waals surface area contributed by atoms with E-state index in [9.17, 15) is 0 Å². The third-order valence-corrected chi connectivity index (χ3v) is 2.26. The number of nitrogens with zero attached hydrogens (tertiary/aromatic N) is 3. The molecule has 2 rings (SSSR count). The fraction of sp³-hybridized carbons (Fsp3) is 0.300. The first-order chi connectivity index (χ1) is 7.31. The van der Waals surface area contributed by atoms with Gasteiger partial charge < -0.3 is 5.32 Å². The number of hydrogen-bond acceptors (Lipinski definition) is 4. The normalized spacial score (nSPS) is 12.7. The van der Waals surface area contributed by atoms with Gasteiger partial charge in [-0.1, -0.05) is 6.07 Å². The Kier molecular flexibility index (Phi) is 2.73. The van der Waals surface area contributed by atoms with Crippen molar-refractivity contribution in [3.8, 4) is 0 Å². The van der Waals surface area contributed by atoms with Crippen molar-refractivity contribution in [1.82, 2.24) is 25.5 Å². The molecular formula is C10H13N5. The van der Waals surface area contributed by atoms with Crippen LogP contribution in [0.15, 0.2) is 24.7 Å². The van der Waals surface area contributed by atoms with E-state index in [0.717, 1.165) is 17.1 Å². The molecule has 5 nitrogen and oxygen atoms in total. The van der Waals surface area contributed by atoms with E-state index in [0.29, 0.717) is 0 Å². The molecule has 0 amide bonds. The second kappa shape index (κ2) is 4.18. The SMILES string of the molecule is CNC(c1ccc(C)nc1)c1ncn[nH]1. The van der Waals surface area contributed by atoms with Gasteiger partial charge in [0.25, 0.3) is 0 Å². The van der Waals surface area contributed by atoms with Gasteiger partial charge in [-0.3, -0.25) is 10.1 Å². The van der Waals surface area contributed by atoms with Crippen molar-refractivity contribution in [2.24, 2.45) is 0 Å². The van der Waals surface area contributed by atoms with Gasteiger partial charge in [0.2, 0.25) is 0 Å². The zero-order chi connectivity index (χ0) is 10.7. The molecule has 1 unspecified atom stereocenters. The Morgan fingerprint density at radius 1 is 1.33 bits per heavy atom. The molecule has 0 spiro atoms. The Morgan fingerprint density at radius 3 is 2.73 bits per heavy atom. The molecule has 15 heavy (non-hydrogen) atoms. The molecule has 0 aliphatic carbocycles. The smallest absolute Gasteiger partial charge is 0.146 e. The zero-order valence-electron chi connectivity index (χ0n) is 8.73. The number of hydrogen-bond donors (Lipinski definition) is 2. The van der Waals surface area contributed by atoms with Crippen molar-refractivity contribution >= 4 is 0 Å². The highest BCUT2D eigenvalue weighted by molar-refractivity contribution is 5.22. The zero-order valence-corrected chi connectivity index (χ0v) is 8.73. The monoisotopic (exact) mass is 203 g/mol. The Labute approximate surface area is 88.0 Å². The lowest BCUT2D eigenvalue weighted by Crippen LogP contribution is -2.19. The van der Waals surface area contributed by atoms with Crippen LogP contribution < -0.4 is 5.32 Å². The standard InChI is InChI=1S/C10H13N5/c1-7-3-4-8(5-12-7)9(11-2)10-13-6-14-15-10/h3-6,9,11H,1-2H3,(H,13,14,15). The molecule has 2 N–H and O–H groups in total. The summed E-state index contributed by atoms with van der Waals surface area (Å²) in [6.07, 6.45) is 3.35. The maximum absolute atomic E-state index is 4.26. The van der Waals surface area contributed by atoms with Gasteiger partial charge in [-0.15, -0.1) is 0 Å². The van der Waals surface area contributed by atoms with Crippen molar-refractivity contribution in [2.75, 3.05) is 7.05 Å². The number of nitrogens with one attached hydrogen (secondary N) is 2. The van der Waals surface area contributed by atoms with Crippen LogP contribution in [0.1, 0.15) is 23.1 Å². The average Bonchev–Trinajstić information content (AvgIpc) is 2.75. The second-order valence-electron chi connectivity index (χ2n) is 3.33. The number of H-pyrrole nitrogens is 1. The first-order valence-corrected chi connectivity index (χ1v) is 4.76. The Balaban J connectivity index is 2.31. The van der Waals surface area contributed by atoms with Gasteiger partial charge in [0.15, 0.2) is 0 Å². The summed E-state index contributed by atoms with van der Waals surface area (Å²) < 4.78 is 0. The molecule has 1 atom stereocenters. The van der Waals surface area contributed by atoms with Gasteiger partial charge in [-0.25, -0.2) is 4.98 Å². The molecule has 0 saturated heterocycles. The van der Waals surface area contributed by atoms with Crippen molar-refractivity contribution in [3.63, 3.8) is 0 Å². The first-order valence-electron chi connectivity index (χ1n) is 4.76. The van der Waals surface area contributed by atoms with Gasteiger partial charge in [-0.2, -0.15) is 5.10 Å². The molecule has 2 aromatic heterocycles. The van der Waals surface area contributed by atoms with Crippen LogP contribution in [0.3, 0.4) is 0 Å². The number of rotatable bonds is 3. The summed E-state index contributed by atoms with van der Waals surface area (Å²) in [6, 6.07) is 4.03. The minimum atomic E-state index is 0.0144. The highest BCUT2D eigenvalue weighted by atomic mass is 15.2. The minimum Gasteiger partial charge on any atom is -0.307 e. The topological polar surface area (TPSA) is 66.5 Å². The fourth-order valence-electron chi connectivity index (χ4n) is 1.47. The van der Waals surface area contributed by atoms with Crippen LogP contribution in [0.2, 0.25) is 0 Å². The first kappa shape index (κ1) is 9.79. The molecule has 0 saturated carbocycles. The molecule has 5 heteroatoms. The number of aromatic amines is 1. The lowest BCUT2D eigenvalue weighted by Gasteiger charge is -2.12. The number of aryl methyl sites for hydroxylation is 1. The van der Waals surface area contributed by atoms with Crippen LogP contribution in [0.4, 0.5) is 0 Å². The van der Waals surface area contributed by atoms with E-state index in [1.807, 2.05) is 32.3 Å². The highest BCUT2D eigenvalue weighted by Gasteiger charge is 2.14. The van der Waals surface area contributed by atoms with Gasteiger partial charge in [0, 0.05) is 11.9 Å². The molecule has 0 aliphatic rings. The molecule has 2 aromatic rings. The summed E-state index contributed by atoms with van der Waals surface area (Å²) in [6.45, 7) is 1.96. The van der Waals surface area contributed by atoms with Crippen molar-refractivity contribution in [1.29, 1.82) is 0 Å². The summed E-state index contributed by atoms with van der Waals surface area (Å²) in [7, 11) is 1.88. The van der Waals surface area contributed by atoms with Gasteiger partial charge in [0.1, 0.15) is 12.2 Å². The Morgan fingerprint density at radius 2 is 2.20 bits per heavy atom. The van der Waals surface area contributed by atoms with Crippen LogP contribution >= 0.6 is 0 Å². The fourth-order valence-corrected chi connectivity index (χ4v) is 1.47. The van der Waals surface area contributed by atoms with E-state index in [-0.39, 0.29) is 6.04 Å². The van der Waals surface area contributed by atoms with Crippen LogP contribution in [-0.4, -0.2) is 27.2 Å². The third kappa shape index (κ3) is 2.02. The van der Waals surface area contributed by atoms with Crippen LogP contribution in [0.5, 0.6) is 0 Å². The minimum absolute atomic E-state index is 0.0144. The Bertz CT molecular complexity index is 406. The molecule has 0 bridgehead atoms. The predicted octanol–water partition coefficient (Wildman–Crippen LogP) is 0.817. The number of aromatic nitrogens is 4. The van der Waals surface area contributed by atoms with Crippen molar-refractivity contribution < 1.29 is 0 Å².